The molecule has 0 unspecified atom stereocenters. The molecule has 2 aromatic heterocycles. The minimum absolute atomic E-state index is 0.0806. The molecule has 4 N–H and O–H groups in total. The van der Waals surface area contributed by atoms with Crippen LogP contribution in [0.2, 0.25) is 0 Å². The maximum Gasteiger partial charge on any atom is 0.269 e. The molecule has 2 aromatic rings. The number of imidazole rings is 1. The van der Waals surface area contributed by atoms with E-state index in [4.69, 9.17) is 0 Å². The zero-order valence-electron chi connectivity index (χ0n) is 13.8. The Balaban J connectivity index is 1.41. The Labute approximate surface area is 144 Å². The van der Waals surface area contributed by atoms with Crippen LogP contribution in [0.1, 0.15) is 29.8 Å². The summed E-state index contributed by atoms with van der Waals surface area (Å²) in [4.78, 5) is 28.2. The lowest BCUT2D eigenvalue weighted by Crippen LogP contribution is -2.40. The molecule has 1 aliphatic rings. The van der Waals surface area contributed by atoms with Crippen molar-refractivity contribution in [3.8, 4) is 0 Å². The highest BCUT2D eigenvalue weighted by atomic mass is 16.3. The van der Waals surface area contributed by atoms with E-state index in [1.165, 1.54) is 6.20 Å². The quantitative estimate of drug-likeness (QED) is 0.512. The largest absolute Gasteiger partial charge is 0.391 e. The van der Waals surface area contributed by atoms with E-state index in [9.17, 15) is 14.7 Å². The average molecular weight is 346 g/mol. The summed E-state index contributed by atoms with van der Waals surface area (Å²) in [5, 5.41) is 22.1. The SMILES string of the molecule is O=C(N[C@@H]1C[C@H](C(=O)NCCCn2ccnc2)C[C@H]1O)c1ccn[nH]1. The fourth-order valence-corrected chi connectivity index (χ4v) is 3.05. The summed E-state index contributed by atoms with van der Waals surface area (Å²) in [6.45, 7) is 1.35. The van der Waals surface area contributed by atoms with Crippen molar-refractivity contribution in [2.24, 2.45) is 5.92 Å². The summed E-state index contributed by atoms with van der Waals surface area (Å²) in [5.74, 6) is -0.707. The van der Waals surface area contributed by atoms with Gasteiger partial charge in [-0.25, -0.2) is 4.98 Å². The molecule has 0 aromatic carbocycles. The van der Waals surface area contributed by atoms with Crippen LogP contribution in [0.4, 0.5) is 0 Å². The molecule has 0 saturated heterocycles. The third kappa shape index (κ3) is 4.44. The number of aryl methyl sites for hydroxylation is 1. The molecule has 0 spiro atoms. The van der Waals surface area contributed by atoms with E-state index in [0.717, 1.165) is 13.0 Å². The molecular formula is C16H22N6O3. The molecule has 2 amide bonds. The van der Waals surface area contributed by atoms with E-state index in [0.29, 0.717) is 25.1 Å². The Bertz CT molecular complexity index is 685. The van der Waals surface area contributed by atoms with Crippen LogP contribution in [0.3, 0.4) is 0 Å². The lowest BCUT2D eigenvalue weighted by molar-refractivity contribution is -0.125. The number of carbonyl (C=O) groups is 2. The lowest BCUT2D eigenvalue weighted by atomic mass is 10.1. The number of aromatic nitrogens is 4. The molecular weight excluding hydrogens is 324 g/mol. The standard InChI is InChI=1S/C16H22N6O3/c23-14-9-11(8-13(14)20-16(25)12-2-4-19-21-12)15(24)18-3-1-6-22-7-5-17-10-22/h2,4-5,7,10-11,13-14,23H,1,3,6,8-9H2,(H,18,24)(H,19,21)(H,20,25)/t11-,13+,14+/m0/s1. The molecule has 0 radical (unpaired) electrons. The third-order valence-corrected chi connectivity index (χ3v) is 4.41. The van der Waals surface area contributed by atoms with E-state index >= 15 is 0 Å². The molecule has 3 atom stereocenters. The highest BCUT2D eigenvalue weighted by molar-refractivity contribution is 5.92. The van der Waals surface area contributed by atoms with Crippen molar-refractivity contribution in [1.82, 2.24) is 30.4 Å². The van der Waals surface area contributed by atoms with Crippen molar-refractivity contribution >= 4 is 11.8 Å². The molecule has 25 heavy (non-hydrogen) atoms. The second kappa shape index (κ2) is 7.93. The van der Waals surface area contributed by atoms with Gasteiger partial charge in [0.15, 0.2) is 0 Å². The van der Waals surface area contributed by atoms with Gasteiger partial charge >= 0.3 is 0 Å². The summed E-state index contributed by atoms with van der Waals surface area (Å²) in [7, 11) is 0. The zero-order chi connectivity index (χ0) is 17.6. The number of rotatable bonds is 7. The summed E-state index contributed by atoms with van der Waals surface area (Å²) >= 11 is 0. The number of amides is 2. The second-order valence-electron chi connectivity index (χ2n) is 6.23. The monoisotopic (exact) mass is 346 g/mol. The highest BCUT2D eigenvalue weighted by Gasteiger charge is 2.37. The number of nitrogens with one attached hydrogen (secondary N) is 3. The Morgan fingerprint density at radius 3 is 2.96 bits per heavy atom. The Morgan fingerprint density at radius 1 is 1.36 bits per heavy atom. The predicted octanol–water partition coefficient (Wildman–Crippen LogP) is -0.318. The molecule has 9 heteroatoms. The van der Waals surface area contributed by atoms with Gasteiger partial charge in [0.25, 0.3) is 5.91 Å². The molecule has 3 rings (SSSR count). The fraction of sp³-hybridized carbons (Fsp3) is 0.500. The van der Waals surface area contributed by atoms with Crippen LogP contribution >= 0.6 is 0 Å². The molecule has 134 valence electrons. The first-order valence-electron chi connectivity index (χ1n) is 8.35. The van der Waals surface area contributed by atoms with Gasteiger partial charge in [0.2, 0.25) is 5.91 Å². The van der Waals surface area contributed by atoms with Gasteiger partial charge < -0.3 is 20.3 Å². The van der Waals surface area contributed by atoms with Crippen LogP contribution in [0.25, 0.3) is 0 Å². The summed E-state index contributed by atoms with van der Waals surface area (Å²) in [6.07, 6.45) is 7.67. The number of hydrogen-bond acceptors (Lipinski definition) is 5. The Morgan fingerprint density at radius 2 is 2.24 bits per heavy atom. The van der Waals surface area contributed by atoms with Crippen LogP contribution in [-0.2, 0) is 11.3 Å². The summed E-state index contributed by atoms with van der Waals surface area (Å²) in [6, 6.07) is 1.12. The number of H-pyrrole nitrogens is 1. The van der Waals surface area contributed by atoms with Gasteiger partial charge in [-0.15, -0.1) is 0 Å². The van der Waals surface area contributed by atoms with Crippen LogP contribution in [0, 0.1) is 5.92 Å². The van der Waals surface area contributed by atoms with Gasteiger partial charge in [-0.1, -0.05) is 0 Å². The number of aromatic amines is 1. The zero-order valence-corrected chi connectivity index (χ0v) is 13.8. The molecule has 9 nitrogen and oxygen atoms in total. The van der Waals surface area contributed by atoms with Crippen molar-refractivity contribution in [1.29, 1.82) is 0 Å². The van der Waals surface area contributed by atoms with Crippen molar-refractivity contribution in [2.45, 2.75) is 38.0 Å². The molecule has 1 aliphatic carbocycles. The van der Waals surface area contributed by atoms with Gasteiger partial charge in [-0.2, -0.15) is 5.10 Å². The normalized spacial score (nSPS) is 22.7. The maximum atomic E-state index is 12.2. The summed E-state index contributed by atoms with van der Waals surface area (Å²) < 4.78 is 1.95. The third-order valence-electron chi connectivity index (χ3n) is 4.41. The smallest absolute Gasteiger partial charge is 0.269 e. The van der Waals surface area contributed by atoms with E-state index in [1.54, 1.807) is 18.6 Å². The van der Waals surface area contributed by atoms with Crippen LogP contribution in [-0.4, -0.2) is 55.4 Å². The highest BCUT2D eigenvalue weighted by Crippen LogP contribution is 2.26. The number of nitrogens with zero attached hydrogens (tertiary/aromatic N) is 3. The first-order valence-corrected chi connectivity index (χ1v) is 8.35. The number of aliphatic hydroxyl groups is 1. The van der Waals surface area contributed by atoms with E-state index in [-0.39, 0.29) is 17.7 Å². The van der Waals surface area contributed by atoms with Gasteiger partial charge in [0, 0.05) is 37.6 Å². The van der Waals surface area contributed by atoms with Gasteiger partial charge in [0.05, 0.1) is 18.5 Å². The Hall–Kier alpha value is -2.68. The van der Waals surface area contributed by atoms with Crippen molar-refractivity contribution < 1.29 is 14.7 Å². The first-order chi connectivity index (χ1) is 12.1. The number of carbonyl (C=O) groups excluding carboxylic acids is 2. The van der Waals surface area contributed by atoms with Crippen molar-refractivity contribution in [2.75, 3.05) is 6.54 Å². The van der Waals surface area contributed by atoms with E-state index < -0.39 is 12.1 Å². The molecule has 0 bridgehead atoms. The molecule has 2 heterocycles. The van der Waals surface area contributed by atoms with Gasteiger partial charge in [-0.3, -0.25) is 14.7 Å². The number of hydrogen-bond donors (Lipinski definition) is 4. The molecule has 0 aliphatic heterocycles. The van der Waals surface area contributed by atoms with E-state index in [1.807, 2.05) is 10.8 Å². The van der Waals surface area contributed by atoms with Crippen molar-refractivity contribution in [3.63, 3.8) is 0 Å². The van der Waals surface area contributed by atoms with Crippen LogP contribution in [0.15, 0.2) is 31.0 Å². The van der Waals surface area contributed by atoms with Crippen LogP contribution in [0.5, 0.6) is 0 Å². The fourth-order valence-electron chi connectivity index (χ4n) is 3.05. The van der Waals surface area contributed by atoms with Gasteiger partial charge in [-0.05, 0) is 25.3 Å². The predicted molar refractivity (Wildman–Crippen MR) is 88.4 cm³/mol. The minimum Gasteiger partial charge on any atom is -0.391 e. The second-order valence-corrected chi connectivity index (χ2v) is 6.23. The maximum absolute atomic E-state index is 12.2. The van der Waals surface area contributed by atoms with Crippen molar-refractivity contribution in [3.05, 3.63) is 36.7 Å². The Kier molecular flexibility index (Phi) is 5.44. The lowest BCUT2D eigenvalue weighted by Gasteiger charge is -2.15. The topological polar surface area (TPSA) is 125 Å². The molecule has 1 fully saturated rings. The first kappa shape index (κ1) is 17.2. The van der Waals surface area contributed by atoms with Gasteiger partial charge in [0.1, 0.15) is 5.69 Å². The average Bonchev–Trinajstić information content (AvgIpc) is 3.34. The molecule has 1 saturated carbocycles. The summed E-state index contributed by atoms with van der Waals surface area (Å²) in [5.41, 5.74) is 0.333. The minimum atomic E-state index is -0.728. The van der Waals surface area contributed by atoms with Crippen LogP contribution < -0.4 is 10.6 Å². The van der Waals surface area contributed by atoms with E-state index in [2.05, 4.69) is 25.8 Å². The number of aliphatic hydroxyl groups excluding tert-OH is 1.